The Morgan fingerprint density at radius 2 is 2.30 bits per heavy atom. The number of hydrogen-bond acceptors (Lipinski definition) is 4. The van der Waals surface area contributed by atoms with Crippen LogP contribution in [0.2, 0.25) is 0 Å². The highest BCUT2D eigenvalue weighted by molar-refractivity contribution is 5.97. The highest BCUT2D eigenvalue weighted by Gasteiger charge is 2.28. The molecule has 1 aliphatic heterocycles. The first-order valence-electron chi connectivity index (χ1n) is 6.11. The quantitative estimate of drug-likeness (QED) is 0.857. The van der Waals surface area contributed by atoms with Crippen LogP contribution in [0.3, 0.4) is 0 Å². The Labute approximate surface area is 116 Å². The van der Waals surface area contributed by atoms with Gasteiger partial charge >= 0.3 is 12.1 Å². The summed E-state index contributed by atoms with van der Waals surface area (Å²) in [5.41, 5.74) is 1.06. The Hall–Kier alpha value is -2.50. The fourth-order valence-corrected chi connectivity index (χ4v) is 2.11. The summed E-state index contributed by atoms with van der Waals surface area (Å²) < 4.78 is 10.5. The molecule has 0 unspecified atom stereocenters. The van der Waals surface area contributed by atoms with Crippen molar-refractivity contribution in [2.75, 3.05) is 24.7 Å². The molecule has 0 radical (unpaired) electrons. The maximum absolute atomic E-state index is 12.0. The molecule has 6 nitrogen and oxygen atoms in total. The molecule has 1 aliphatic rings. The van der Waals surface area contributed by atoms with Crippen LogP contribution in [-0.2, 0) is 4.74 Å². The zero-order valence-corrected chi connectivity index (χ0v) is 11.1. The lowest BCUT2D eigenvalue weighted by Gasteiger charge is -2.30. The minimum Gasteiger partial charge on any atom is -0.490 e. The van der Waals surface area contributed by atoms with E-state index in [1.165, 1.54) is 17.0 Å². The fourth-order valence-electron chi connectivity index (χ4n) is 2.11. The molecule has 1 aromatic rings. The third-order valence-corrected chi connectivity index (χ3v) is 3.01. The molecule has 0 saturated carbocycles. The zero-order valence-electron chi connectivity index (χ0n) is 11.1. The van der Waals surface area contributed by atoms with Crippen LogP contribution in [0.4, 0.5) is 10.5 Å². The second-order valence-electron chi connectivity index (χ2n) is 4.26. The van der Waals surface area contributed by atoms with Gasteiger partial charge in [-0.3, -0.25) is 4.90 Å². The second-order valence-corrected chi connectivity index (χ2v) is 4.26. The van der Waals surface area contributed by atoms with Crippen LogP contribution in [0.15, 0.2) is 24.8 Å². The summed E-state index contributed by atoms with van der Waals surface area (Å²) in [7, 11) is 0. The summed E-state index contributed by atoms with van der Waals surface area (Å²) >= 11 is 0. The van der Waals surface area contributed by atoms with Gasteiger partial charge in [-0.2, -0.15) is 0 Å². The Bertz CT molecular complexity index is 567. The van der Waals surface area contributed by atoms with Gasteiger partial charge < -0.3 is 14.6 Å². The molecule has 106 valence electrons. The van der Waals surface area contributed by atoms with E-state index in [9.17, 15) is 9.59 Å². The molecular weight excluding hydrogens is 262 g/mol. The molecule has 0 fully saturated rings. The summed E-state index contributed by atoms with van der Waals surface area (Å²) in [4.78, 5) is 24.6. The molecule has 0 aromatic heterocycles. The highest BCUT2D eigenvalue weighted by Crippen LogP contribution is 2.37. The van der Waals surface area contributed by atoms with E-state index in [0.717, 1.165) is 0 Å². The minimum absolute atomic E-state index is 0.100. The third kappa shape index (κ3) is 2.45. The van der Waals surface area contributed by atoms with E-state index in [1.807, 2.05) is 0 Å². The van der Waals surface area contributed by atoms with Crippen molar-refractivity contribution in [3.8, 4) is 5.75 Å². The topological polar surface area (TPSA) is 76.1 Å². The predicted molar refractivity (Wildman–Crippen MR) is 72.5 cm³/mol. The second kappa shape index (κ2) is 5.64. The lowest BCUT2D eigenvalue weighted by molar-refractivity contribution is 0.0696. The summed E-state index contributed by atoms with van der Waals surface area (Å²) in [6.07, 6.45) is 0.930. The standard InChI is InChI=1S/C14H15NO5/c1-3-7-20-14(18)15-6-8-19-11-5-4-10(13(16)17)9(2)12(11)15/h3-5H,1,6-8H2,2H3,(H,16,17). The molecule has 2 rings (SSSR count). The normalized spacial score (nSPS) is 13.2. The number of aromatic carboxylic acids is 1. The molecular formula is C14H15NO5. The number of carbonyl (C=O) groups is 2. The van der Waals surface area contributed by atoms with Crippen LogP contribution in [-0.4, -0.2) is 36.9 Å². The van der Waals surface area contributed by atoms with E-state index in [4.69, 9.17) is 14.6 Å². The van der Waals surface area contributed by atoms with Crippen LogP contribution in [0, 0.1) is 6.92 Å². The third-order valence-electron chi connectivity index (χ3n) is 3.01. The number of carboxylic acids is 1. The highest BCUT2D eigenvalue weighted by atomic mass is 16.6. The number of anilines is 1. The summed E-state index contributed by atoms with van der Waals surface area (Å²) in [5.74, 6) is -0.565. The number of ether oxygens (including phenoxy) is 2. The SMILES string of the molecule is C=CCOC(=O)N1CCOc2ccc(C(=O)O)c(C)c21. The van der Waals surface area contributed by atoms with Crippen LogP contribution in [0.1, 0.15) is 15.9 Å². The molecule has 20 heavy (non-hydrogen) atoms. The Morgan fingerprint density at radius 1 is 1.55 bits per heavy atom. The van der Waals surface area contributed by atoms with Gasteiger partial charge in [0.15, 0.2) is 0 Å². The number of carbonyl (C=O) groups excluding carboxylic acids is 1. The van der Waals surface area contributed by atoms with Crippen LogP contribution >= 0.6 is 0 Å². The van der Waals surface area contributed by atoms with Gasteiger partial charge in [0.1, 0.15) is 19.0 Å². The number of hydrogen-bond donors (Lipinski definition) is 1. The van der Waals surface area contributed by atoms with Crippen molar-refractivity contribution in [1.82, 2.24) is 0 Å². The van der Waals surface area contributed by atoms with E-state index in [2.05, 4.69) is 6.58 Å². The number of benzene rings is 1. The summed E-state index contributed by atoms with van der Waals surface area (Å²) in [5, 5.41) is 9.14. The van der Waals surface area contributed by atoms with E-state index >= 15 is 0 Å². The molecule has 0 saturated heterocycles. The molecule has 6 heteroatoms. The van der Waals surface area contributed by atoms with E-state index in [1.54, 1.807) is 13.0 Å². The zero-order chi connectivity index (χ0) is 14.7. The molecule has 0 bridgehead atoms. The van der Waals surface area contributed by atoms with Gasteiger partial charge in [0.05, 0.1) is 17.8 Å². The van der Waals surface area contributed by atoms with Crippen molar-refractivity contribution in [3.63, 3.8) is 0 Å². The molecule has 1 amide bonds. The van der Waals surface area contributed by atoms with Crippen LogP contribution < -0.4 is 9.64 Å². The molecule has 0 aliphatic carbocycles. The number of fused-ring (bicyclic) bond motifs is 1. The van der Waals surface area contributed by atoms with Gasteiger partial charge in [0.2, 0.25) is 0 Å². The van der Waals surface area contributed by atoms with Gasteiger partial charge in [-0.1, -0.05) is 12.7 Å². The lowest BCUT2D eigenvalue weighted by atomic mass is 10.0. The van der Waals surface area contributed by atoms with E-state index in [0.29, 0.717) is 30.2 Å². The van der Waals surface area contributed by atoms with Gasteiger partial charge in [-0.25, -0.2) is 9.59 Å². The van der Waals surface area contributed by atoms with Crippen LogP contribution in [0.25, 0.3) is 0 Å². The molecule has 0 atom stereocenters. The largest absolute Gasteiger partial charge is 0.490 e. The van der Waals surface area contributed by atoms with Crippen molar-refractivity contribution < 1.29 is 24.2 Å². The van der Waals surface area contributed by atoms with E-state index < -0.39 is 12.1 Å². The van der Waals surface area contributed by atoms with Crippen molar-refractivity contribution in [2.45, 2.75) is 6.92 Å². The molecule has 1 N–H and O–H groups in total. The first-order chi connectivity index (χ1) is 9.56. The van der Waals surface area contributed by atoms with Crippen molar-refractivity contribution in [1.29, 1.82) is 0 Å². The maximum Gasteiger partial charge on any atom is 0.414 e. The molecule has 0 spiro atoms. The number of rotatable bonds is 3. The Morgan fingerprint density at radius 3 is 2.95 bits per heavy atom. The lowest BCUT2D eigenvalue weighted by Crippen LogP contribution is -2.39. The minimum atomic E-state index is -1.05. The number of nitrogens with zero attached hydrogens (tertiary/aromatic N) is 1. The first kappa shape index (κ1) is 13.9. The van der Waals surface area contributed by atoms with Crippen molar-refractivity contribution in [3.05, 3.63) is 35.9 Å². The average Bonchev–Trinajstić information content (AvgIpc) is 2.44. The predicted octanol–water partition coefficient (Wildman–Crippen LogP) is 2.21. The Balaban J connectivity index is 2.42. The monoisotopic (exact) mass is 277 g/mol. The van der Waals surface area contributed by atoms with Gasteiger partial charge in [-0.05, 0) is 24.6 Å². The maximum atomic E-state index is 12.0. The first-order valence-corrected chi connectivity index (χ1v) is 6.11. The molecule has 1 aromatic carbocycles. The van der Waals surface area contributed by atoms with Crippen LogP contribution in [0.5, 0.6) is 5.75 Å². The molecule has 1 heterocycles. The van der Waals surface area contributed by atoms with E-state index in [-0.39, 0.29) is 12.2 Å². The average molecular weight is 277 g/mol. The van der Waals surface area contributed by atoms with Crippen molar-refractivity contribution >= 4 is 17.7 Å². The smallest absolute Gasteiger partial charge is 0.414 e. The van der Waals surface area contributed by atoms with Gasteiger partial charge in [0.25, 0.3) is 0 Å². The summed E-state index contributed by atoms with van der Waals surface area (Å²) in [6, 6.07) is 3.02. The number of amides is 1. The fraction of sp³-hybridized carbons (Fsp3) is 0.286. The van der Waals surface area contributed by atoms with Crippen molar-refractivity contribution in [2.24, 2.45) is 0 Å². The van der Waals surface area contributed by atoms with Gasteiger partial charge in [-0.15, -0.1) is 0 Å². The van der Waals surface area contributed by atoms with Gasteiger partial charge in [0, 0.05) is 0 Å². The summed E-state index contributed by atoms with van der Waals surface area (Å²) in [6.45, 7) is 5.87. The Kier molecular flexibility index (Phi) is 3.93. The number of carboxylic acid groups (broad SMARTS) is 1.